The van der Waals surface area contributed by atoms with Crippen molar-refractivity contribution in [1.29, 1.82) is 5.26 Å². The largest absolute Gasteiger partial charge is 0.505 e. The van der Waals surface area contributed by atoms with E-state index in [9.17, 15) is 15.2 Å². The second-order valence-electron chi connectivity index (χ2n) is 7.08. The van der Waals surface area contributed by atoms with Crippen molar-refractivity contribution in [2.75, 3.05) is 5.32 Å². The van der Waals surface area contributed by atoms with Crippen LogP contribution in [0.2, 0.25) is 0 Å². The number of phenols is 1. The normalized spacial score (nSPS) is 11.0. The van der Waals surface area contributed by atoms with Gasteiger partial charge < -0.3 is 10.4 Å². The minimum atomic E-state index is -0.484. The minimum Gasteiger partial charge on any atom is -0.505 e. The molecule has 0 saturated carbocycles. The Bertz CT molecular complexity index is 1570. The van der Waals surface area contributed by atoms with Gasteiger partial charge in [0.05, 0.1) is 11.8 Å². The number of azo groups is 1. The zero-order valence-corrected chi connectivity index (χ0v) is 18.3. The number of phenolic OH excluding ortho intramolecular Hbond substituents is 1. The fourth-order valence-corrected chi connectivity index (χ4v) is 4.02. The highest BCUT2D eigenvalue weighted by Crippen LogP contribution is 2.38. The molecule has 0 fully saturated rings. The summed E-state index contributed by atoms with van der Waals surface area (Å²) in [5.41, 5.74) is 0.938. The summed E-state index contributed by atoms with van der Waals surface area (Å²) in [5, 5.41) is 39.4. The monoisotopic (exact) mass is 465 g/mol. The third kappa shape index (κ3) is 3.87. The van der Waals surface area contributed by atoms with Gasteiger partial charge in [0, 0.05) is 17.3 Å². The van der Waals surface area contributed by atoms with E-state index in [1.807, 2.05) is 24.3 Å². The summed E-state index contributed by atoms with van der Waals surface area (Å²) >= 11 is 1.32. The van der Waals surface area contributed by atoms with E-state index < -0.39 is 5.91 Å². The molecule has 0 aliphatic heterocycles. The maximum Gasteiger partial charge on any atom is 0.260 e. The van der Waals surface area contributed by atoms with Crippen LogP contribution < -0.4 is 5.32 Å². The van der Waals surface area contributed by atoms with Crippen molar-refractivity contribution in [2.45, 2.75) is 0 Å². The van der Waals surface area contributed by atoms with Crippen molar-refractivity contribution in [3.63, 3.8) is 0 Å². The molecule has 10 heteroatoms. The third-order valence-electron chi connectivity index (χ3n) is 4.98. The Hall–Kier alpha value is -4.88. The Morgan fingerprint density at radius 2 is 1.91 bits per heavy atom. The van der Waals surface area contributed by atoms with E-state index in [1.54, 1.807) is 54.0 Å². The molecule has 0 radical (unpaired) electrons. The smallest absolute Gasteiger partial charge is 0.260 e. The molecule has 0 saturated heterocycles. The lowest BCUT2D eigenvalue weighted by molar-refractivity contribution is 0.102. The van der Waals surface area contributed by atoms with Crippen LogP contribution in [0.15, 0.2) is 88.7 Å². The van der Waals surface area contributed by atoms with Crippen LogP contribution in [0.4, 0.5) is 17.2 Å². The Kier molecular flexibility index (Phi) is 5.51. The summed E-state index contributed by atoms with van der Waals surface area (Å²) in [6, 6.07) is 19.8. The first-order valence-corrected chi connectivity index (χ1v) is 10.9. The number of hydrogen-bond donors (Lipinski definition) is 2. The number of hydrogen-bond acceptors (Lipinski definition) is 8. The van der Waals surface area contributed by atoms with Gasteiger partial charge in [-0.3, -0.25) is 4.79 Å². The van der Waals surface area contributed by atoms with Crippen molar-refractivity contribution in [2.24, 2.45) is 10.2 Å². The van der Waals surface area contributed by atoms with Crippen LogP contribution in [0.1, 0.15) is 15.9 Å². The van der Waals surface area contributed by atoms with Crippen LogP contribution in [0.3, 0.4) is 0 Å². The van der Waals surface area contributed by atoms with Gasteiger partial charge in [0.15, 0.2) is 11.6 Å². The number of carbonyl (C=O) groups is 1. The van der Waals surface area contributed by atoms with E-state index in [0.29, 0.717) is 21.6 Å². The second kappa shape index (κ2) is 8.93. The molecule has 0 atom stereocenters. The molecule has 0 aliphatic carbocycles. The lowest BCUT2D eigenvalue weighted by Crippen LogP contribution is -2.12. The number of rotatable bonds is 5. The fraction of sp³-hybridized carbons (Fsp3) is 0. The lowest BCUT2D eigenvalue weighted by Gasteiger charge is -2.12. The number of carbonyl (C=O) groups excluding carboxylic acids is 1. The highest BCUT2D eigenvalue weighted by atomic mass is 32.1. The van der Waals surface area contributed by atoms with Crippen LogP contribution in [0.25, 0.3) is 15.9 Å². The maximum absolute atomic E-state index is 13.1. The summed E-state index contributed by atoms with van der Waals surface area (Å²) in [6.07, 6.45) is 2.98. The molecule has 0 bridgehead atoms. The average molecular weight is 465 g/mol. The van der Waals surface area contributed by atoms with E-state index in [4.69, 9.17) is 0 Å². The number of nitrogens with zero attached hydrogens (tertiary/aromatic N) is 6. The molecule has 2 aromatic heterocycles. The lowest BCUT2D eigenvalue weighted by atomic mass is 10.0. The Morgan fingerprint density at radius 1 is 1.12 bits per heavy atom. The highest BCUT2D eigenvalue weighted by Gasteiger charge is 2.20. The molecular formula is C24H15N7O2S. The quantitative estimate of drug-likeness (QED) is 0.320. The molecule has 0 aliphatic rings. The van der Waals surface area contributed by atoms with E-state index >= 15 is 0 Å². The number of thiazole rings is 1. The SMILES string of the molecule is N#Cc1cnn(-c2nccs2)c1/N=N/c1cc2ccccc2c(C(=O)Nc2ccccc2)c1O. The van der Waals surface area contributed by atoms with Crippen LogP contribution in [-0.2, 0) is 0 Å². The number of nitriles is 1. The Morgan fingerprint density at radius 3 is 2.68 bits per heavy atom. The van der Waals surface area contributed by atoms with Gasteiger partial charge in [-0.05, 0) is 29.0 Å². The molecule has 5 rings (SSSR count). The Balaban J connectivity index is 1.60. The summed E-state index contributed by atoms with van der Waals surface area (Å²) in [5.74, 6) is -0.641. The molecule has 0 unspecified atom stereocenters. The first-order valence-electron chi connectivity index (χ1n) is 10.1. The van der Waals surface area contributed by atoms with Gasteiger partial charge >= 0.3 is 0 Å². The van der Waals surface area contributed by atoms with Gasteiger partial charge in [0.25, 0.3) is 5.91 Å². The predicted molar refractivity (Wildman–Crippen MR) is 128 cm³/mol. The topological polar surface area (TPSA) is 129 Å². The summed E-state index contributed by atoms with van der Waals surface area (Å²) in [6.45, 7) is 0. The molecule has 164 valence electrons. The summed E-state index contributed by atoms with van der Waals surface area (Å²) in [7, 11) is 0. The van der Waals surface area contributed by atoms with Gasteiger partial charge in [-0.15, -0.1) is 21.6 Å². The van der Waals surface area contributed by atoms with E-state index in [-0.39, 0.29) is 28.4 Å². The van der Waals surface area contributed by atoms with Crippen LogP contribution in [-0.4, -0.2) is 25.8 Å². The van der Waals surface area contributed by atoms with E-state index in [0.717, 1.165) is 0 Å². The number of amides is 1. The number of aromatic nitrogens is 3. The van der Waals surface area contributed by atoms with Gasteiger partial charge in [-0.1, -0.05) is 42.5 Å². The molecule has 5 aromatic rings. The summed E-state index contributed by atoms with van der Waals surface area (Å²) < 4.78 is 1.40. The fourth-order valence-electron chi connectivity index (χ4n) is 3.42. The van der Waals surface area contributed by atoms with Crippen molar-refractivity contribution in [3.8, 4) is 17.0 Å². The summed E-state index contributed by atoms with van der Waals surface area (Å²) in [4.78, 5) is 17.3. The molecular weight excluding hydrogens is 450 g/mol. The first-order chi connectivity index (χ1) is 16.7. The van der Waals surface area contributed by atoms with Crippen molar-refractivity contribution >= 4 is 45.2 Å². The van der Waals surface area contributed by atoms with Gasteiger partial charge in [0.2, 0.25) is 5.13 Å². The number of anilines is 1. The standard InChI is InChI=1S/C24H15N7O2S/c25-13-16-14-27-31(24-26-10-11-34-24)22(16)30-29-19-12-15-6-4-5-9-18(15)20(21(19)32)23(33)28-17-7-2-1-3-8-17/h1-12,14,32H,(H,28,33)/b30-29+. The number of fused-ring (bicyclic) bond motifs is 1. The molecule has 2 N–H and O–H groups in total. The first kappa shape index (κ1) is 21.0. The minimum absolute atomic E-state index is 0.0739. The molecule has 34 heavy (non-hydrogen) atoms. The highest BCUT2D eigenvalue weighted by molar-refractivity contribution is 7.12. The number of nitrogens with one attached hydrogen (secondary N) is 1. The van der Waals surface area contributed by atoms with Gasteiger partial charge in [-0.25, -0.2) is 4.98 Å². The number of para-hydroxylation sites is 1. The van der Waals surface area contributed by atoms with Crippen molar-refractivity contribution < 1.29 is 9.90 Å². The third-order valence-corrected chi connectivity index (χ3v) is 5.72. The average Bonchev–Trinajstić information content (AvgIpc) is 3.53. The molecule has 9 nitrogen and oxygen atoms in total. The molecule has 0 spiro atoms. The molecule has 1 amide bonds. The van der Waals surface area contributed by atoms with Crippen molar-refractivity contribution in [3.05, 3.63) is 89.6 Å². The van der Waals surface area contributed by atoms with Gasteiger partial charge in [0.1, 0.15) is 17.3 Å². The molecule has 2 heterocycles. The van der Waals surface area contributed by atoms with E-state index in [2.05, 4.69) is 25.6 Å². The zero-order chi connectivity index (χ0) is 23.5. The molecule has 3 aromatic carbocycles. The van der Waals surface area contributed by atoms with Gasteiger partial charge in [-0.2, -0.15) is 15.0 Å². The van der Waals surface area contributed by atoms with Crippen LogP contribution in [0.5, 0.6) is 5.75 Å². The van der Waals surface area contributed by atoms with Crippen LogP contribution >= 0.6 is 11.3 Å². The zero-order valence-electron chi connectivity index (χ0n) is 17.5. The second-order valence-corrected chi connectivity index (χ2v) is 7.95. The van der Waals surface area contributed by atoms with Crippen LogP contribution in [0, 0.1) is 11.3 Å². The Labute approximate surface area is 197 Å². The number of aromatic hydroxyl groups is 1. The van der Waals surface area contributed by atoms with E-state index in [1.165, 1.54) is 22.2 Å². The van der Waals surface area contributed by atoms with Crippen molar-refractivity contribution in [1.82, 2.24) is 14.8 Å². The maximum atomic E-state index is 13.1. The number of benzene rings is 3. The predicted octanol–water partition coefficient (Wildman–Crippen LogP) is 5.73.